The van der Waals surface area contributed by atoms with Gasteiger partial charge < -0.3 is 15.5 Å². The van der Waals surface area contributed by atoms with E-state index < -0.39 is 0 Å². The van der Waals surface area contributed by atoms with Crippen molar-refractivity contribution in [3.05, 3.63) is 4.91 Å². The molecule has 0 fully saturated rings. The average Bonchev–Trinajstić information content (AvgIpc) is 2.16. The summed E-state index contributed by atoms with van der Waals surface area (Å²) in [6.07, 6.45) is 0.770. The third kappa shape index (κ3) is 7.63. The van der Waals surface area contributed by atoms with E-state index in [2.05, 4.69) is 10.6 Å². The van der Waals surface area contributed by atoms with Crippen molar-refractivity contribution in [2.45, 2.75) is 6.42 Å². The van der Waals surface area contributed by atoms with Crippen LogP contribution < -0.4 is 5.32 Å². The number of hydrogen-bond acceptors (Lipinski definition) is 5. The molecule has 0 amide bonds. The Morgan fingerprint density at radius 3 is 2.46 bits per heavy atom. The van der Waals surface area contributed by atoms with Crippen molar-refractivity contribution in [3.8, 4) is 0 Å². The van der Waals surface area contributed by atoms with Crippen LogP contribution in [-0.2, 0) is 0 Å². The Balaban J connectivity index is 3.22. The fourth-order valence-electron chi connectivity index (χ4n) is 0.900. The summed E-state index contributed by atoms with van der Waals surface area (Å²) in [6.45, 7) is 2.17. The normalized spacial score (nSPS) is 10.0. The van der Waals surface area contributed by atoms with E-state index in [0.717, 1.165) is 13.0 Å². The summed E-state index contributed by atoms with van der Waals surface area (Å²) >= 11 is 0. The number of nitroso groups, excluding NO2 is 1. The van der Waals surface area contributed by atoms with E-state index in [1.165, 1.54) is 5.01 Å². The molecule has 6 heteroatoms. The topological polar surface area (TPSA) is 85.2 Å². The van der Waals surface area contributed by atoms with Gasteiger partial charge in [-0.2, -0.15) is 0 Å². The molecule has 0 saturated heterocycles. The van der Waals surface area contributed by atoms with Gasteiger partial charge in [-0.25, -0.2) is 0 Å². The maximum absolute atomic E-state index is 10.1. The first-order chi connectivity index (χ1) is 6.35. The van der Waals surface area contributed by atoms with E-state index in [9.17, 15) is 4.91 Å². The molecule has 13 heavy (non-hydrogen) atoms. The molecule has 0 saturated carbocycles. The molecule has 0 rings (SSSR count). The van der Waals surface area contributed by atoms with Crippen LogP contribution in [0.5, 0.6) is 0 Å². The standard InChI is InChI=1S/C7H17N3O3/c11-6-3-8-2-1-4-10(9-13)5-7-12/h8,11-12H,1-7H2. The van der Waals surface area contributed by atoms with Gasteiger partial charge in [-0.3, -0.25) is 5.01 Å². The van der Waals surface area contributed by atoms with Crippen LogP contribution in [0.25, 0.3) is 0 Å². The van der Waals surface area contributed by atoms with Gasteiger partial charge in [0.15, 0.2) is 0 Å². The number of nitrogens with one attached hydrogen (secondary N) is 1. The van der Waals surface area contributed by atoms with Gasteiger partial charge >= 0.3 is 0 Å². The van der Waals surface area contributed by atoms with Crippen molar-refractivity contribution >= 4 is 0 Å². The molecular formula is C7H17N3O3. The summed E-state index contributed by atoms with van der Waals surface area (Å²) in [5, 5.41) is 23.9. The zero-order valence-corrected chi connectivity index (χ0v) is 7.65. The quantitative estimate of drug-likeness (QED) is 0.245. The van der Waals surface area contributed by atoms with Gasteiger partial charge in [0.05, 0.1) is 25.0 Å². The number of nitrogens with zero attached hydrogens (tertiary/aromatic N) is 2. The van der Waals surface area contributed by atoms with Gasteiger partial charge in [-0.15, -0.1) is 4.91 Å². The molecule has 0 spiro atoms. The highest BCUT2D eigenvalue weighted by molar-refractivity contribution is 4.53. The first kappa shape index (κ1) is 12.3. The van der Waals surface area contributed by atoms with Gasteiger partial charge in [0, 0.05) is 13.1 Å². The lowest BCUT2D eigenvalue weighted by molar-refractivity contribution is 0.197. The summed E-state index contributed by atoms with van der Waals surface area (Å²) in [5.41, 5.74) is 0. The van der Waals surface area contributed by atoms with E-state index in [-0.39, 0.29) is 19.8 Å². The van der Waals surface area contributed by atoms with Crippen LogP contribution in [0, 0.1) is 4.91 Å². The Bertz CT molecular complexity index is 124. The summed E-state index contributed by atoms with van der Waals surface area (Å²) in [7, 11) is 0. The molecule has 0 bridgehead atoms. The summed E-state index contributed by atoms with van der Waals surface area (Å²) < 4.78 is 0. The van der Waals surface area contributed by atoms with Crippen LogP contribution in [0.15, 0.2) is 5.29 Å². The maximum atomic E-state index is 10.1. The molecule has 0 radical (unpaired) electrons. The summed E-state index contributed by atoms with van der Waals surface area (Å²) in [5.74, 6) is 0. The highest BCUT2D eigenvalue weighted by atomic mass is 16.3. The van der Waals surface area contributed by atoms with Gasteiger partial charge in [0.2, 0.25) is 0 Å². The van der Waals surface area contributed by atoms with Crippen LogP contribution in [-0.4, -0.2) is 54.6 Å². The van der Waals surface area contributed by atoms with Crippen LogP contribution in [0.3, 0.4) is 0 Å². The Kier molecular flexibility index (Phi) is 8.85. The second kappa shape index (κ2) is 9.37. The van der Waals surface area contributed by atoms with Crippen molar-refractivity contribution in [2.75, 3.05) is 39.4 Å². The largest absolute Gasteiger partial charge is 0.395 e. The van der Waals surface area contributed by atoms with Crippen LogP contribution >= 0.6 is 0 Å². The van der Waals surface area contributed by atoms with E-state index in [1.54, 1.807) is 0 Å². The highest BCUT2D eigenvalue weighted by Crippen LogP contribution is 1.90. The molecular weight excluding hydrogens is 174 g/mol. The van der Waals surface area contributed by atoms with E-state index in [1.807, 2.05) is 0 Å². The maximum Gasteiger partial charge on any atom is 0.0624 e. The molecule has 78 valence electrons. The zero-order chi connectivity index (χ0) is 9.94. The molecule has 3 N–H and O–H groups in total. The summed E-state index contributed by atoms with van der Waals surface area (Å²) in [6, 6.07) is 0. The Labute approximate surface area is 77.5 Å². The van der Waals surface area contributed by atoms with Crippen LogP contribution in [0.1, 0.15) is 6.42 Å². The molecule has 6 nitrogen and oxygen atoms in total. The van der Waals surface area contributed by atoms with Gasteiger partial charge in [0.1, 0.15) is 0 Å². The van der Waals surface area contributed by atoms with Gasteiger partial charge in [-0.05, 0) is 13.0 Å². The first-order valence-corrected chi connectivity index (χ1v) is 4.35. The minimum atomic E-state index is -0.0597. The van der Waals surface area contributed by atoms with Crippen molar-refractivity contribution in [1.82, 2.24) is 10.3 Å². The average molecular weight is 191 g/mol. The van der Waals surface area contributed by atoms with E-state index in [0.29, 0.717) is 13.1 Å². The smallest absolute Gasteiger partial charge is 0.0624 e. The number of aliphatic hydroxyl groups excluding tert-OH is 2. The Hall–Kier alpha value is -0.720. The predicted octanol–water partition coefficient (Wildman–Crippen LogP) is -1.07. The van der Waals surface area contributed by atoms with Crippen LogP contribution in [0.4, 0.5) is 0 Å². The molecule has 0 aliphatic carbocycles. The molecule has 0 aromatic heterocycles. The van der Waals surface area contributed by atoms with Crippen molar-refractivity contribution in [1.29, 1.82) is 0 Å². The molecule has 0 unspecified atom stereocenters. The lowest BCUT2D eigenvalue weighted by atomic mass is 10.4. The number of aliphatic hydroxyl groups is 2. The fourth-order valence-corrected chi connectivity index (χ4v) is 0.900. The van der Waals surface area contributed by atoms with Crippen LogP contribution in [0.2, 0.25) is 0 Å². The van der Waals surface area contributed by atoms with Gasteiger partial charge in [-0.1, -0.05) is 0 Å². The fraction of sp³-hybridized carbons (Fsp3) is 1.00. The Morgan fingerprint density at radius 2 is 1.92 bits per heavy atom. The first-order valence-electron chi connectivity index (χ1n) is 4.35. The minimum absolute atomic E-state index is 0.0597. The molecule has 0 aromatic carbocycles. The molecule has 0 heterocycles. The minimum Gasteiger partial charge on any atom is -0.395 e. The Morgan fingerprint density at radius 1 is 1.15 bits per heavy atom. The third-order valence-electron chi connectivity index (χ3n) is 1.53. The monoisotopic (exact) mass is 191 g/mol. The number of hydrogen-bond donors (Lipinski definition) is 3. The van der Waals surface area contributed by atoms with E-state index >= 15 is 0 Å². The second-order valence-corrected chi connectivity index (χ2v) is 2.59. The molecule has 0 atom stereocenters. The lowest BCUT2D eigenvalue weighted by Crippen LogP contribution is -2.26. The lowest BCUT2D eigenvalue weighted by Gasteiger charge is -2.13. The number of rotatable bonds is 9. The van der Waals surface area contributed by atoms with Crippen molar-refractivity contribution in [2.24, 2.45) is 5.29 Å². The third-order valence-corrected chi connectivity index (χ3v) is 1.53. The molecule has 0 aliphatic heterocycles. The predicted molar refractivity (Wildman–Crippen MR) is 49.0 cm³/mol. The summed E-state index contributed by atoms with van der Waals surface area (Å²) in [4.78, 5) is 10.1. The molecule has 0 aromatic rings. The van der Waals surface area contributed by atoms with E-state index in [4.69, 9.17) is 10.2 Å². The zero-order valence-electron chi connectivity index (χ0n) is 7.65. The van der Waals surface area contributed by atoms with Crippen molar-refractivity contribution in [3.63, 3.8) is 0 Å². The van der Waals surface area contributed by atoms with Gasteiger partial charge in [0.25, 0.3) is 0 Å². The molecule has 0 aliphatic rings. The second-order valence-electron chi connectivity index (χ2n) is 2.59. The SMILES string of the molecule is O=NN(CCO)CCCNCCO. The van der Waals surface area contributed by atoms with Crippen molar-refractivity contribution < 1.29 is 10.2 Å². The highest BCUT2D eigenvalue weighted by Gasteiger charge is 1.99.